The van der Waals surface area contributed by atoms with Crippen LogP contribution in [-0.4, -0.2) is 32.7 Å². The van der Waals surface area contributed by atoms with Gasteiger partial charge < -0.3 is 21.1 Å². The topological polar surface area (TPSA) is 76.4 Å². The van der Waals surface area contributed by atoms with E-state index >= 15 is 0 Å². The fourth-order valence-electron chi connectivity index (χ4n) is 1.31. The average Bonchev–Trinajstić information content (AvgIpc) is 2.36. The van der Waals surface area contributed by atoms with E-state index in [0.29, 0.717) is 13.1 Å². The van der Waals surface area contributed by atoms with Crippen LogP contribution in [0, 0.1) is 0 Å². The summed E-state index contributed by atoms with van der Waals surface area (Å²) in [6, 6.07) is 7.21. The van der Waals surface area contributed by atoms with Crippen LogP contribution >= 0.6 is 0 Å². The summed E-state index contributed by atoms with van der Waals surface area (Å²) in [5.41, 5.74) is 6.10. The van der Waals surface area contributed by atoms with Crippen molar-refractivity contribution in [2.24, 2.45) is 5.73 Å². The molecule has 1 amide bonds. The maximum Gasteiger partial charge on any atom is 0.238 e. The SMILES string of the molecule is COc1ccc(NC(=O)CNCCCN)cc1. The van der Waals surface area contributed by atoms with Crippen LogP contribution in [0.4, 0.5) is 5.69 Å². The van der Waals surface area contributed by atoms with Gasteiger partial charge in [0.25, 0.3) is 0 Å². The third-order valence-corrected chi connectivity index (χ3v) is 2.22. The van der Waals surface area contributed by atoms with Crippen molar-refractivity contribution in [3.05, 3.63) is 24.3 Å². The number of rotatable bonds is 7. The third kappa shape index (κ3) is 5.33. The number of hydrogen-bond acceptors (Lipinski definition) is 4. The zero-order valence-electron chi connectivity index (χ0n) is 10.0. The normalized spacial score (nSPS) is 10.0. The molecule has 17 heavy (non-hydrogen) atoms. The van der Waals surface area contributed by atoms with Gasteiger partial charge in [0.2, 0.25) is 5.91 Å². The van der Waals surface area contributed by atoms with Crippen LogP contribution in [0.2, 0.25) is 0 Å². The van der Waals surface area contributed by atoms with Gasteiger partial charge in [0, 0.05) is 5.69 Å². The quantitative estimate of drug-likeness (QED) is 0.606. The van der Waals surface area contributed by atoms with Gasteiger partial charge in [0.05, 0.1) is 13.7 Å². The Labute approximate surface area is 101 Å². The second-order valence-electron chi connectivity index (χ2n) is 3.60. The highest BCUT2D eigenvalue weighted by Crippen LogP contribution is 2.14. The van der Waals surface area contributed by atoms with E-state index in [-0.39, 0.29) is 5.91 Å². The summed E-state index contributed by atoms with van der Waals surface area (Å²) in [4.78, 5) is 11.5. The monoisotopic (exact) mass is 237 g/mol. The Balaban J connectivity index is 2.29. The highest BCUT2D eigenvalue weighted by atomic mass is 16.5. The molecule has 0 spiro atoms. The Kier molecular flexibility index (Phi) is 6.06. The van der Waals surface area contributed by atoms with E-state index in [4.69, 9.17) is 10.5 Å². The molecular formula is C12H19N3O2. The molecule has 5 nitrogen and oxygen atoms in total. The van der Waals surface area contributed by atoms with Crippen LogP contribution < -0.4 is 21.1 Å². The molecule has 1 rings (SSSR count). The van der Waals surface area contributed by atoms with Crippen LogP contribution in [0.15, 0.2) is 24.3 Å². The number of ether oxygens (including phenoxy) is 1. The number of amides is 1. The first-order valence-corrected chi connectivity index (χ1v) is 5.61. The molecule has 0 fully saturated rings. The maximum atomic E-state index is 11.5. The number of hydrogen-bond donors (Lipinski definition) is 3. The maximum absolute atomic E-state index is 11.5. The summed E-state index contributed by atoms with van der Waals surface area (Å²) in [5, 5.41) is 5.79. The average molecular weight is 237 g/mol. The van der Waals surface area contributed by atoms with Crippen molar-refractivity contribution in [3.63, 3.8) is 0 Å². The van der Waals surface area contributed by atoms with Crippen molar-refractivity contribution < 1.29 is 9.53 Å². The third-order valence-electron chi connectivity index (χ3n) is 2.22. The Bertz CT molecular complexity index is 338. The minimum Gasteiger partial charge on any atom is -0.497 e. The van der Waals surface area contributed by atoms with Crippen molar-refractivity contribution in [3.8, 4) is 5.75 Å². The van der Waals surface area contributed by atoms with Gasteiger partial charge >= 0.3 is 0 Å². The van der Waals surface area contributed by atoms with Gasteiger partial charge in [-0.2, -0.15) is 0 Å². The van der Waals surface area contributed by atoms with Gasteiger partial charge in [-0.3, -0.25) is 4.79 Å². The van der Waals surface area contributed by atoms with Gasteiger partial charge in [-0.1, -0.05) is 0 Å². The lowest BCUT2D eigenvalue weighted by Gasteiger charge is -2.07. The van der Waals surface area contributed by atoms with Crippen LogP contribution in [0.25, 0.3) is 0 Å². The van der Waals surface area contributed by atoms with E-state index in [1.807, 2.05) is 0 Å². The van der Waals surface area contributed by atoms with Crippen molar-refractivity contribution in [2.45, 2.75) is 6.42 Å². The summed E-state index contributed by atoms with van der Waals surface area (Å²) in [6.07, 6.45) is 0.871. The van der Waals surface area contributed by atoms with Crippen LogP contribution in [0.1, 0.15) is 6.42 Å². The number of anilines is 1. The Hall–Kier alpha value is -1.59. The molecule has 1 aromatic carbocycles. The van der Waals surface area contributed by atoms with E-state index in [2.05, 4.69) is 10.6 Å². The smallest absolute Gasteiger partial charge is 0.238 e. The first-order valence-electron chi connectivity index (χ1n) is 5.61. The van der Waals surface area contributed by atoms with Gasteiger partial charge in [0.15, 0.2) is 0 Å². The van der Waals surface area contributed by atoms with E-state index < -0.39 is 0 Å². The van der Waals surface area contributed by atoms with Crippen molar-refractivity contribution >= 4 is 11.6 Å². The second-order valence-corrected chi connectivity index (χ2v) is 3.60. The molecule has 0 aliphatic heterocycles. The molecule has 1 aromatic rings. The van der Waals surface area contributed by atoms with Crippen molar-refractivity contribution in [2.75, 3.05) is 32.1 Å². The zero-order chi connectivity index (χ0) is 12.5. The number of carbonyl (C=O) groups excluding carboxylic acids is 1. The minimum absolute atomic E-state index is 0.0628. The second kappa shape index (κ2) is 7.65. The number of benzene rings is 1. The molecule has 0 aromatic heterocycles. The highest BCUT2D eigenvalue weighted by Gasteiger charge is 2.01. The summed E-state index contributed by atoms with van der Waals surface area (Å²) in [7, 11) is 1.61. The number of carbonyl (C=O) groups is 1. The van der Waals surface area contributed by atoms with Crippen molar-refractivity contribution in [1.82, 2.24) is 5.32 Å². The fraction of sp³-hybridized carbons (Fsp3) is 0.417. The minimum atomic E-state index is -0.0628. The Morgan fingerprint density at radius 2 is 2.06 bits per heavy atom. The lowest BCUT2D eigenvalue weighted by Crippen LogP contribution is -2.29. The van der Waals surface area contributed by atoms with Gasteiger partial charge in [-0.05, 0) is 43.8 Å². The molecule has 0 saturated heterocycles. The molecule has 94 valence electrons. The molecule has 0 radical (unpaired) electrons. The van der Waals surface area contributed by atoms with E-state index in [1.54, 1.807) is 31.4 Å². The molecule has 0 saturated carbocycles. The predicted octanol–water partition coefficient (Wildman–Crippen LogP) is 0.572. The molecule has 0 heterocycles. The molecule has 0 atom stereocenters. The first kappa shape index (κ1) is 13.5. The largest absolute Gasteiger partial charge is 0.497 e. The van der Waals surface area contributed by atoms with Crippen molar-refractivity contribution in [1.29, 1.82) is 0 Å². The van der Waals surface area contributed by atoms with Gasteiger partial charge in [-0.25, -0.2) is 0 Å². The molecule has 0 aliphatic rings. The van der Waals surface area contributed by atoms with Crippen LogP contribution in [0.5, 0.6) is 5.75 Å². The molecular weight excluding hydrogens is 218 g/mol. The zero-order valence-corrected chi connectivity index (χ0v) is 10.0. The summed E-state index contributed by atoms with van der Waals surface area (Å²) in [6.45, 7) is 1.69. The first-order chi connectivity index (χ1) is 8.26. The van der Waals surface area contributed by atoms with Crippen LogP contribution in [-0.2, 0) is 4.79 Å². The number of methoxy groups -OCH3 is 1. The summed E-state index contributed by atoms with van der Waals surface area (Å²) in [5.74, 6) is 0.705. The highest BCUT2D eigenvalue weighted by molar-refractivity contribution is 5.92. The fourth-order valence-corrected chi connectivity index (χ4v) is 1.31. The van der Waals surface area contributed by atoms with E-state index in [9.17, 15) is 4.79 Å². The predicted molar refractivity (Wildman–Crippen MR) is 68.2 cm³/mol. The van der Waals surface area contributed by atoms with E-state index in [0.717, 1.165) is 24.4 Å². The number of nitrogens with one attached hydrogen (secondary N) is 2. The van der Waals surface area contributed by atoms with E-state index in [1.165, 1.54) is 0 Å². The molecule has 0 bridgehead atoms. The van der Waals surface area contributed by atoms with Crippen LogP contribution in [0.3, 0.4) is 0 Å². The lowest BCUT2D eigenvalue weighted by atomic mass is 10.3. The summed E-state index contributed by atoms with van der Waals surface area (Å²) >= 11 is 0. The molecule has 5 heteroatoms. The Morgan fingerprint density at radius 1 is 1.35 bits per heavy atom. The van der Waals surface area contributed by atoms with Gasteiger partial charge in [-0.15, -0.1) is 0 Å². The molecule has 0 unspecified atom stereocenters. The molecule has 4 N–H and O–H groups in total. The number of nitrogens with two attached hydrogens (primary N) is 1. The van der Waals surface area contributed by atoms with Gasteiger partial charge in [0.1, 0.15) is 5.75 Å². The Morgan fingerprint density at radius 3 is 2.65 bits per heavy atom. The summed E-state index contributed by atoms with van der Waals surface area (Å²) < 4.78 is 5.03. The molecule has 0 aliphatic carbocycles. The lowest BCUT2D eigenvalue weighted by molar-refractivity contribution is -0.115. The standard InChI is InChI=1S/C12H19N3O2/c1-17-11-5-3-10(4-6-11)15-12(16)9-14-8-2-7-13/h3-6,14H,2,7-9,13H2,1H3,(H,15,16).